The zero-order valence-electron chi connectivity index (χ0n) is 14.6. The van der Waals surface area contributed by atoms with Gasteiger partial charge in [-0.25, -0.2) is 0 Å². The smallest absolute Gasteiger partial charge is 0.00977 e. The third-order valence-electron chi connectivity index (χ3n) is 4.71. The molecule has 0 aliphatic rings. The van der Waals surface area contributed by atoms with Crippen molar-refractivity contribution in [1.82, 2.24) is 0 Å². The first-order chi connectivity index (χ1) is 9.68. The molecule has 0 nitrogen and oxygen atoms in total. The molecular weight excluding hydrogens is 260 g/mol. The maximum absolute atomic E-state index is 4.41. The molecule has 0 fully saturated rings. The molecule has 0 aliphatic heterocycles. The maximum Gasteiger partial charge on any atom is -0.00977 e. The molecule has 0 heterocycles. The van der Waals surface area contributed by atoms with Crippen LogP contribution in [-0.2, 0) is 0 Å². The maximum atomic E-state index is 4.41. The van der Waals surface area contributed by atoms with E-state index in [2.05, 4.69) is 33.4 Å². The molecule has 122 valence electrons. The van der Waals surface area contributed by atoms with E-state index in [1.54, 1.807) is 0 Å². The summed E-state index contributed by atoms with van der Waals surface area (Å²) in [5, 5.41) is 0. The molecule has 0 saturated carbocycles. The summed E-state index contributed by atoms with van der Waals surface area (Å²) in [5.41, 5.74) is 0.598. The average molecular weight is 301 g/mol. The van der Waals surface area contributed by atoms with Crippen LogP contribution < -0.4 is 0 Å². The molecule has 0 amide bonds. The summed E-state index contributed by atoms with van der Waals surface area (Å²) in [6, 6.07) is 0. The van der Waals surface area contributed by atoms with E-state index in [1.165, 1.54) is 89.9 Å². The Labute approximate surface area is 134 Å². The fourth-order valence-electron chi connectivity index (χ4n) is 3.19. The molecule has 0 rings (SSSR count). The second kappa shape index (κ2) is 14.3. The summed E-state index contributed by atoms with van der Waals surface area (Å²) in [7, 11) is 0. The zero-order valence-corrected chi connectivity index (χ0v) is 15.4. The van der Waals surface area contributed by atoms with Crippen LogP contribution in [-0.4, -0.2) is 5.75 Å². The van der Waals surface area contributed by atoms with Crippen molar-refractivity contribution in [2.45, 2.75) is 111 Å². The summed E-state index contributed by atoms with van der Waals surface area (Å²) < 4.78 is 0. The van der Waals surface area contributed by atoms with Crippen molar-refractivity contribution in [2.24, 2.45) is 5.41 Å². The van der Waals surface area contributed by atoms with Gasteiger partial charge in [-0.15, -0.1) is 0 Å². The van der Waals surface area contributed by atoms with Crippen LogP contribution in [0, 0.1) is 5.41 Å². The van der Waals surface area contributed by atoms with Crippen LogP contribution in [0.5, 0.6) is 0 Å². The molecule has 0 aromatic carbocycles. The monoisotopic (exact) mass is 300 g/mol. The molecule has 1 heteroatoms. The van der Waals surface area contributed by atoms with Gasteiger partial charge in [0.2, 0.25) is 0 Å². The second-order valence-corrected chi connectivity index (χ2v) is 7.41. The lowest BCUT2D eigenvalue weighted by Crippen LogP contribution is -2.17. The van der Waals surface area contributed by atoms with Gasteiger partial charge in [-0.05, 0) is 36.9 Å². The Morgan fingerprint density at radius 1 is 0.600 bits per heavy atom. The summed E-state index contributed by atoms with van der Waals surface area (Å²) >= 11 is 4.41. The molecule has 0 N–H and O–H groups in total. The molecule has 0 aromatic heterocycles. The number of rotatable bonds is 15. The van der Waals surface area contributed by atoms with Gasteiger partial charge < -0.3 is 0 Å². The average Bonchev–Trinajstić information content (AvgIpc) is 2.45. The fraction of sp³-hybridized carbons (Fsp3) is 1.00. The molecule has 0 bridgehead atoms. The standard InChI is InChI=1S/C19H40S/c1-4-6-8-10-12-15-19(3,17-14-18-20)16-13-11-9-7-5-2/h20H,4-18H2,1-3H3. The number of thiol groups is 1. The highest BCUT2D eigenvalue weighted by Crippen LogP contribution is 2.36. The van der Waals surface area contributed by atoms with Gasteiger partial charge in [0, 0.05) is 0 Å². The van der Waals surface area contributed by atoms with Crippen LogP contribution in [0.4, 0.5) is 0 Å². The van der Waals surface area contributed by atoms with Gasteiger partial charge in [-0.3, -0.25) is 0 Å². The van der Waals surface area contributed by atoms with E-state index in [1.807, 2.05) is 0 Å². The Balaban J connectivity index is 3.88. The lowest BCUT2D eigenvalue weighted by Gasteiger charge is -2.30. The first-order valence-corrected chi connectivity index (χ1v) is 9.92. The molecule has 0 saturated heterocycles. The van der Waals surface area contributed by atoms with Crippen molar-refractivity contribution in [3.05, 3.63) is 0 Å². The summed E-state index contributed by atoms with van der Waals surface area (Å²) in [6.45, 7) is 7.14. The van der Waals surface area contributed by atoms with Crippen molar-refractivity contribution in [1.29, 1.82) is 0 Å². The SMILES string of the molecule is CCCCCCCC(C)(CCCS)CCCCCCC. The Morgan fingerprint density at radius 3 is 1.40 bits per heavy atom. The minimum Gasteiger partial charge on any atom is -0.179 e. The normalized spacial score (nSPS) is 12.0. The van der Waals surface area contributed by atoms with Crippen LogP contribution >= 0.6 is 12.6 Å². The van der Waals surface area contributed by atoms with Gasteiger partial charge in [0.15, 0.2) is 0 Å². The lowest BCUT2D eigenvalue weighted by atomic mass is 9.76. The highest BCUT2D eigenvalue weighted by molar-refractivity contribution is 7.80. The predicted molar refractivity (Wildman–Crippen MR) is 97.9 cm³/mol. The minimum absolute atomic E-state index is 0.598. The zero-order chi connectivity index (χ0) is 15.1. The van der Waals surface area contributed by atoms with Crippen molar-refractivity contribution in [3.63, 3.8) is 0 Å². The van der Waals surface area contributed by atoms with E-state index in [4.69, 9.17) is 0 Å². The Morgan fingerprint density at radius 2 is 1.00 bits per heavy atom. The van der Waals surface area contributed by atoms with Gasteiger partial charge in [0.1, 0.15) is 0 Å². The molecule has 0 unspecified atom stereocenters. The molecular formula is C19H40S. The van der Waals surface area contributed by atoms with E-state index in [0.717, 1.165) is 5.75 Å². The highest BCUT2D eigenvalue weighted by Gasteiger charge is 2.22. The van der Waals surface area contributed by atoms with E-state index in [-0.39, 0.29) is 0 Å². The Kier molecular flexibility index (Phi) is 14.5. The van der Waals surface area contributed by atoms with Crippen molar-refractivity contribution >= 4 is 12.6 Å². The van der Waals surface area contributed by atoms with Crippen LogP contribution in [0.15, 0.2) is 0 Å². The van der Waals surface area contributed by atoms with Crippen molar-refractivity contribution in [3.8, 4) is 0 Å². The quantitative estimate of drug-likeness (QED) is 0.236. The molecule has 0 aliphatic carbocycles. The van der Waals surface area contributed by atoms with Gasteiger partial charge in [-0.1, -0.05) is 85.0 Å². The molecule has 0 atom stereocenters. The van der Waals surface area contributed by atoms with Gasteiger partial charge >= 0.3 is 0 Å². The van der Waals surface area contributed by atoms with Crippen LogP contribution in [0.3, 0.4) is 0 Å². The number of unbranched alkanes of at least 4 members (excludes halogenated alkanes) is 8. The van der Waals surface area contributed by atoms with E-state index >= 15 is 0 Å². The summed E-state index contributed by atoms with van der Waals surface area (Å²) in [5.74, 6) is 1.06. The predicted octanol–water partition coefficient (Wildman–Crippen LogP) is 7.42. The largest absolute Gasteiger partial charge is 0.179 e. The minimum atomic E-state index is 0.598. The molecule has 0 aromatic rings. The second-order valence-electron chi connectivity index (χ2n) is 6.97. The van der Waals surface area contributed by atoms with E-state index < -0.39 is 0 Å². The van der Waals surface area contributed by atoms with Crippen molar-refractivity contribution in [2.75, 3.05) is 5.75 Å². The first-order valence-electron chi connectivity index (χ1n) is 9.29. The third kappa shape index (κ3) is 12.1. The lowest BCUT2D eigenvalue weighted by molar-refractivity contribution is 0.229. The van der Waals surface area contributed by atoms with Crippen molar-refractivity contribution < 1.29 is 0 Å². The molecule has 20 heavy (non-hydrogen) atoms. The topological polar surface area (TPSA) is 0 Å². The highest BCUT2D eigenvalue weighted by atomic mass is 32.1. The van der Waals surface area contributed by atoms with E-state index in [9.17, 15) is 0 Å². The van der Waals surface area contributed by atoms with Gasteiger partial charge in [-0.2, -0.15) is 12.6 Å². The number of hydrogen-bond donors (Lipinski definition) is 1. The van der Waals surface area contributed by atoms with Gasteiger partial charge in [0.25, 0.3) is 0 Å². The van der Waals surface area contributed by atoms with Crippen LogP contribution in [0.1, 0.15) is 111 Å². The van der Waals surface area contributed by atoms with E-state index in [0.29, 0.717) is 5.41 Å². The number of hydrogen-bond acceptors (Lipinski definition) is 1. The van der Waals surface area contributed by atoms with Gasteiger partial charge in [0.05, 0.1) is 0 Å². The van der Waals surface area contributed by atoms with Crippen LogP contribution in [0.25, 0.3) is 0 Å². The Hall–Kier alpha value is 0.350. The third-order valence-corrected chi connectivity index (χ3v) is 5.02. The van der Waals surface area contributed by atoms with Crippen LogP contribution in [0.2, 0.25) is 0 Å². The first kappa shape index (κ1) is 20.3. The summed E-state index contributed by atoms with van der Waals surface area (Å²) in [4.78, 5) is 0. The Bertz CT molecular complexity index is 174. The molecule has 0 radical (unpaired) electrons. The fourth-order valence-corrected chi connectivity index (χ4v) is 3.35. The summed E-state index contributed by atoms with van der Waals surface area (Å²) in [6.07, 6.45) is 19.8. The molecule has 0 spiro atoms.